The number of nitrogens with zero attached hydrogens (tertiary/aromatic N) is 5. The molecule has 5 rings (SSSR count). The zero-order chi connectivity index (χ0) is 24.0. The predicted molar refractivity (Wildman–Crippen MR) is 129 cm³/mol. The highest BCUT2D eigenvalue weighted by Gasteiger charge is 2.27. The molecule has 3 aromatic heterocycles. The SMILES string of the molecule is Cc1oc(-c2ccccc2)nc1CN1CCCC(C(=O)NCCc2noc(-c3cccnc3)n2)C1. The number of rotatable bonds is 8. The molecule has 1 atom stereocenters. The molecule has 4 heterocycles. The van der Waals surface area contributed by atoms with Crippen LogP contribution in [0.15, 0.2) is 63.8 Å². The van der Waals surface area contributed by atoms with Crippen molar-refractivity contribution in [3.63, 3.8) is 0 Å². The third kappa shape index (κ3) is 5.63. The molecule has 0 bridgehead atoms. The minimum atomic E-state index is -0.0548. The zero-order valence-electron chi connectivity index (χ0n) is 19.7. The largest absolute Gasteiger partial charge is 0.441 e. The van der Waals surface area contributed by atoms with Gasteiger partial charge in [-0.2, -0.15) is 4.98 Å². The molecule has 0 spiro atoms. The average Bonchev–Trinajstić information content (AvgIpc) is 3.52. The minimum Gasteiger partial charge on any atom is -0.441 e. The lowest BCUT2D eigenvalue weighted by Gasteiger charge is -2.31. The number of benzene rings is 1. The number of piperidine rings is 1. The van der Waals surface area contributed by atoms with Crippen molar-refractivity contribution in [2.45, 2.75) is 32.7 Å². The van der Waals surface area contributed by atoms with Crippen LogP contribution in [0.5, 0.6) is 0 Å². The Bertz CT molecular complexity index is 1250. The van der Waals surface area contributed by atoms with Crippen LogP contribution in [-0.2, 0) is 17.8 Å². The summed E-state index contributed by atoms with van der Waals surface area (Å²) < 4.78 is 11.2. The number of carbonyl (C=O) groups is 1. The summed E-state index contributed by atoms with van der Waals surface area (Å²) in [6.45, 7) is 4.72. The molecule has 1 aliphatic rings. The summed E-state index contributed by atoms with van der Waals surface area (Å²) in [5.41, 5.74) is 2.66. The summed E-state index contributed by atoms with van der Waals surface area (Å²) in [6, 6.07) is 13.6. The first-order chi connectivity index (χ1) is 17.2. The number of aryl methyl sites for hydroxylation is 1. The quantitative estimate of drug-likeness (QED) is 0.414. The van der Waals surface area contributed by atoms with E-state index in [0.717, 1.165) is 42.0 Å². The Balaban J connectivity index is 1.12. The van der Waals surface area contributed by atoms with Gasteiger partial charge in [-0.25, -0.2) is 4.98 Å². The Hall–Kier alpha value is -3.85. The van der Waals surface area contributed by atoms with Gasteiger partial charge in [-0.15, -0.1) is 0 Å². The van der Waals surface area contributed by atoms with Gasteiger partial charge in [0.1, 0.15) is 5.76 Å². The maximum absolute atomic E-state index is 12.8. The van der Waals surface area contributed by atoms with Gasteiger partial charge in [0.05, 0.1) is 17.2 Å². The highest BCUT2D eigenvalue weighted by Crippen LogP contribution is 2.24. The Morgan fingerprint density at radius 3 is 2.80 bits per heavy atom. The topological polar surface area (TPSA) is 110 Å². The van der Waals surface area contributed by atoms with Crippen LogP contribution in [0, 0.1) is 12.8 Å². The van der Waals surface area contributed by atoms with Crippen molar-refractivity contribution in [2.75, 3.05) is 19.6 Å². The molecule has 1 amide bonds. The molecule has 0 aliphatic carbocycles. The van der Waals surface area contributed by atoms with Crippen LogP contribution < -0.4 is 5.32 Å². The van der Waals surface area contributed by atoms with Crippen LogP contribution in [0.2, 0.25) is 0 Å². The standard InChI is InChI=1S/C26H28N6O3/c1-18-22(29-25(34-18)19-7-3-2-4-8-19)17-32-14-6-10-21(16-32)24(33)28-13-11-23-30-26(35-31-23)20-9-5-12-27-15-20/h2-5,7-9,12,15,21H,6,10-11,13-14,16-17H2,1H3,(H,28,33). The molecule has 4 aromatic rings. The molecule has 1 aromatic carbocycles. The second-order valence-electron chi connectivity index (χ2n) is 8.76. The van der Waals surface area contributed by atoms with Gasteiger partial charge < -0.3 is 14.3 Å². The minimum absolute atomic E-state index is 0.0548. The number of hydrogen-bond donors (Lipinski definition) is 1. The lowest BCUT2D eigenvalue weighted by molar-refractivity contribution is -0.126. The van der Waals surface area contributed by atoms with E-state index in [1.54, 1.807) is 12.4 Å². The molecule has 0 radical (unpaired) electrons. The summed E-state index contributed by atoms with van der Waals surface area (Å²) in [6.07, 6.45) is 5.73. The van der Waals surface area contributed by atoms with Crippen molar-refractivity contribution >= 4 is 5.91 Å². The highest BCUT2D eigenvalue weighted by atomic mass is 16.5. The summed E-state index contributed by atoms with van der Waals surface area (Å²) >= 11 is 0. The van der Waals surface area contributed by atoms with Gasteiger partial charge >= 0.3 is 0 Å². The van der Waals surface area contributed by atoms with Gasteiger partial charge in [-0.05, 0) is 50.6 Å². The summed E-state index contributed by atoms with van der Waals surface area (Å²) in [5.74, 6) is 2.46. The van der Waals surface area contributed by atoms with E-state index in [9.17, 15) is 4.79 Å². The van der Waals surface area contributed by atoms with E-state index in [-0.39, 0.29) is 11.8 Å². The molecule has 1 N–H and O–H groups in total. The fourth-order valence-corrected chi connectivity index (χ4v) is 4.31. The second-order valence-corrected chi connectivity index (χ2v) is 8.76. The molecule has 35 heavy (non-hydrogen) atoms. The smallest absolute Gasteiger partial charge is 0.259 e. The number of nitrogens with one attached hydrogen (secondary N) is 1. The van der Waals surface area contributed by atoms with Crippen LogP contribution >= 0.6 is 0 Å². The second kappa shape index (κ2) is 10.6. The van der Waals surface area contributed by atoms with Gasteiger partial charge in [0.2, 0.25) is 11.8 Å². The Morgan fingerprint density at radius 1 is 1.11 bits per heavy atom. The van der Waals surface area contributed by atoms with Crippen LogP contribution in [0.4, 0.5) is 0 Å². The van der Waals surface area contributed by atoms with Crippen molar-refractivity contribution in [3.8, 4) is 22.9 Å². The fraction of sp³-hybridized carbons (Fsp3) is 0.346. The van der Waals surface area contributed by atoms with Gasteiger partial charge in [0.25, 0.3) is 5.89 Å². The molecule has 1 unspecified atom stereocenters. The van der Waals surface area contributed by atoms with Gasteiger partial charge in [0, 0.05) is 44.0 Å². The van der Waals surface area contributed by atoms with Gasteiger partial charge in [-0.1, -0.05) is 23.4 Å². The molecular formula is C26H28N6O3. The van der Waals surface area contributed by atoms with E-state index in [1.807, 2.05) is 49.4 Å². The van der Waals surface area contributed by atoms with E-state index in [4.69, 9.17) is 13.9 Å². The highest BCUT2D eigenvalue weighted by molar-refractivity contribution is 5.79. The van der Waals surface area contributed by atoms with E-state index in [2.05, 4.69) is 25.3 Å². The van der Waals surface area contributed by atoms with Crippen molar-refractivity contribution < 1.29 is 13.7 Å². The summed E-state index contributed by atoms with van der Waals surface area (Å²) in [5, 5.41) is 7.04. The van der Waals surface area contributed by atoms with E-state index in [1.165, 1.54) is 0 Å². The lowest BCUT2D eigenvalue weighted by atomic mass is 9.97. The van der Waals surface area contributed by atoms with Crippen molar-refractivity contribution in [1.29, 1.82) is 0 Å². The lowest BCUT2D eigenvalue weighted by Crippen LogP contribution is -2.43. The average molecular weight is 473 g/mol. The van der Waals surface area contributed by atoms with Crippen LogP contribution in [0.1, 0.15) is 30.1 Å². The fourth-order valence-electron chi connectivity index (χ4n) is 4.31. The van der Waals surface area contributed by atoms with E-state index in [0.29, 0.717) is 43.7 Å². The maximum atomic E-state index is 12.8. The Labute approximate surface area is 203 Å². The van der Waals surface area contributed by atoms with Crippen molar-refractivity contribution in [2.24, 2.45) is 5.92 Å². The maximum Gasteiger partial charge on any atom is 0.259 e. The first kappa shape index (κ1) is 22.9. The molecule has 180 valence electrons. The first-order valence-corrected chi connectivity index (χ1v) is 11.9. The summed E-state index contributed by atoms with van der Waals surface area (Å²) in [7, 11) is 0. The third-order valence-electron chi connectivity index (χ3n) is 6.19. The third-order valence-corrected chi connectivity index (χ3v) is 6.19. The van der Waals surface area contributed by atoms with Gasteiger partial charge in [0.15, 0.2) is 5.82 Å². The zero-order valence-corrected chi connectivity index (χ0v) is 19.7. The Morgan fingerprint density at radius 2 is 1.97 bits per heavy atom. The van der Waals surface area contributed by atoms with E-state index < -0.39 is 0 Å². The predicted octanol–water partition coefficient (Wildman–Crippen LogP) is 3.67. The molecule has 9 nitrogen and oxygen atoms in total. The molecular weight excluding hydrogens is 444 g/mol. The molecule has 1 saturated heterocycles. The van der Waals surface area contributed by atoms with Crippen molar-refractivity contribution in [1.82, 2.24) is 30.3 Å². The molecule has 1 aliphatic heterocycles. The number of hydrogen-bond acceptors (Lipinski definition) is 8. The Kier molecular flexibility index (Phi) is 6.94. The number of oxazole rings is 1. The summed E-state index contributed by atoms with van der Waals surface area (Å²) in [4.78, 5) is 28.3. The van der Waals surface area contributed by atoms with Crippen LogP contribution in [-0.4, -0.2) is 50.5 Å². The molecule has 9 heteroatoms. The number of amides is 1. The first-order valence-electron chi connectivity index (χ1n) is 11.9. The normalized spacial score (nSPS) is 16.3. The molecule has 0 saturated carbocycles. The van der Waals surface area contributed by atoms with E-state index >= 15 is 0 Å². The van der Waals surface area contributed by atoms with Crippen LogP contribution in [0.3, 0.4) is 0 Å². The molecule has 1 fully saturated rings. The van der Waals surface area contributed by atoms with Crippen molar-refractivity contribution in [3.05, 3.63) is 72.1 Å². The number of likely N-dealkylation sites (tertiary alicyclic amines) is 1. The van der Waals surface area contributed by atoms with Gasteiger partial charge in [-0.3, -0.25) is 14.7 Å². The number of aromatic nitrogens is 4. The number of pyridine rings is 1. The number of carbonyl (C=O) groups excluding carboxylic acids is 1. The monoisotopic (exact) mass is 472 g/mol. The van der Waals surface area contributed by atoms with Crippen LogP contribution in [0.25, 0.3) is 22.9 Å².